The van der Waals surface area contributed by atoms with Crippen LogP contribution in [0.25, 0.3) is 0 Å². The molecule has 4 aliphatic carbocycles. The smallest absolute Gasteiger partial charge is 0.309 e. The van der Waals surface area contributed by atoms with E-state index in [1.165, 1.54) is 0 Å². The zero-order chi connectivity index (χ0) is 16.6. The number of rotatable bonds is 4. The molecule has 4 fully saturated rings. The van der Waals surface area contributed by atoms with Crippen molar-refractivity contribution in [2.24, 2.45) is 21.7 Å². The topological polar surface area (TPSA) is 149 Å². The Kier molecular flexibility index (Phi) is 3.50. The van der Waals surface area contributed by atoms with Gasteiger partial charge in [-0.05, 0) is 38.5 Å². The highest BCUT2D eigenvalue weighted by Crippen LogP contribution is 2.74. The van der Waals surface area contributed by atoms with Crippen LogP contribution in [0.3, 0.4) is 0 Å². The first kappa shape index (κ1) is 17.5. The van der Waals surface area contributed by atoms with Crippen LogP contribution in [-0.4, -0.2) is 44.3 Å². The molecule has 0 spiro atoms. The van der Waals surface area contributed by atoms with Crippen molar-refractivity contribution in [2.75, 3.05) is 0 Å². The maximum Gasteiger partial charge on any atom is 0.309 e. The molecule has 4 N–H and O–H groups in total. The summed E-state index contributed by atoms with van der Waals surface area (Å²) in [7, 11) is 0. The Morgan fingerprint density at radius 1 is 0.478 bits per heavy atom. The summed E-state index contributed by atoms with van der Waals surface area (Å²) in [6.07, 6.45) is -1.20. The molecule has 0 aromatic carbocycles. The van der Waals surface area contributed by atoms with Crippen LogP contribution >= 0.6 is 12.4 Å². The molecule has 4 bridgehead atoms. The van der Waals surface area contributed by atoms with Crippen LogP contribution in [0.5, 0.6) is 0 Å². The van der Waals surface area contributed by atoms with E-state index in [0.29, 0.717) is 0 Å². The zero-order valence-electron chi connectivity index (χ0n) is 12.1. The van der Waals surface area contributed by atoms with Gasteiger partial charge in [0.15, 0.2) is 0 Å². The summed E-state index contributed by atoms with van der Waals surface area (Å²) >= 11 is 0. The number of hydrogen-bond acceptors (Lipinski definition) is 4. The van der Waals surface area contributed by atoms with Gasteiger partial charge in [-0.25, -0.2) is 0 Å². The van der Waals surface area contributed by atoms with Gasteiger partial charge in [-0.2, -0.15) is 0 Å². The van der Waals surface area contributed by atoms with E-state index in [-0.39, 0.29) is 50.9 Å². The average Bonchev–Trinajstić information content (AvgIpc) is 2.36. The van der Waals surface area contributed by atoms with Crippen LogP contribution in [-0.2, 0) is 19.2 Å². The lowest BCUT2D eigenvalue weighted by atomic mass is 9.35. The molecule has 128 valence electrons. The summed E-state index contributed by atoms with van der Waals surface area (Å²) in [6, 6.07) is 0. The highest BCUT2D eigenvalue weighted by atomic mass is 35.5. The number of aliphatic carboxylic acids is 4. The fraction of sp³-hybridized carbons (Fsp3) is 0.714. The number of hydrogen-bond donors (Lipinski definition) is 4. The largest absolute Gasteiger partial charge is 0.481 e. The van der Waals surface area contributed by atoms with E-state index in [4.69, 9.17) is 0 Å². The van der Waals surface area contributed by atoms with Gasteiger partial charge >= 0.3 is 23.9 Å². The van der Waals surface area contributed by atoms with Gasteiger partial charge in [-0.15, -0.1) is 12.4 Å². The predicted octanol–water partition coefficient (Wildman–Crippen LogP) is 1.07. The van der Waals surface area contributed by atoms with E-state index < -0.39 is 45.5 Å². The molecular weight excluding hydrogens is 332 g/mol. The number of carbonyl (C=O) groups is 4. The van der Waals surface area contributed by atoms with Crippen LogP contribution in [0.15, 0.2) is 0 Å². The Balaban J connectivity index is 0.00000192. The second-order valence-corrected chi connectivity index (χ2v) is 7.40. The first-order chi connectivity index (χ1) is 10.0. The summed E-state index contributed by atoms with van der Waals surface area (Å²) in [5.74, 6) is -5.19. The van der Waals surface area contributed by atoms with Crippen molar-refractivity contribution in [2.45, 2.75) is 38.5 Å². The molecule has 8 nitrogen and oxygen atoms in total. The van der Waals surface area contributed by atoms with E-state index in [1.807, 2.05) is 0 Å². The third-order valence-electron chi connectivity index (χ3n) is 5.88. The first-order valence-electron chi connectivity index (χ1n) is 6.95. The van der Waals surface area contributed by atoms with Crippen molar-refractivity contribution in [1.82, 2.24) is 0 Å². The minimum absolute atomic E-state index is 0. The molecule has 9 heteroatoms. The van der Waals surface area contributed by atoms with E-state index in [1.54, 1.807) is 0 Å². The van der Waals surface area contributed by atoms with Crippen LogP contribution < -0.4 is 0 Å². The normalized spacial score (nSPS) is 43.5. The van der Waals surface area contributed by atoms with Crippen LogP contribution in [0.1, 0.15) is 38.5 Å². The van der Waals surface area contributed by atoms with E-state index in [0.717, 1.165) is 0 Å². The molecule has 0 heterocycles. The van der Waals surface area contributed by atoms with Gasteiger partial charge in [0, 0.05) is 0 Å². The van der Waals surface area contributed by atoms with Crippen LogP contribution in [0, 0.1) is 21.7 Å². The molecule has 0 aromatic rings. The fourth-order valence-electron chi connectivity index (χ4n) is 5.54. The maximum atomic E-state index is 11.8. The number of carboxylic acid groups (broad SMARTS) is 4. The molecule has 0 atom stereocenters. The second-order valence-electron chi connectivity index (χ2n) is 7.40. The van der Waals surface area contributed by atoms with Crippen molar-refractivity contribution in [3.8, 4) is 0 Å². The standard InChI is InChI=1S/C14H16O8.ClH/c15-7(16)11-1-12(8(17)18)4-13(2-11,9(19)20)6-14(3-11,5-12)10(21)22;/h1-6H2,(H,15,16)(H,17,18)(H,19,20)(H,21,22);1H. The van der Waals surface area contributed by atoms with Crippen molar-refractivity contribution >= 4 is 36.3 Å². The summed E-state index contributed by atoms with van der Waals surface area (Å²) in [5.41, 5.74) is -6.37. The lowest BCUT2D eigenvalue weighted by Crippen LogP contribution is -2.68. The molecule has 0 aliphatic heterocycles. The van der Waals surface area contributed by atoms with Crippen molar-refractivity contribution in [3.63, 3.8) is 0 Å². The molecule has 4 rings (SSSR count). The molecular formula is C14H17ClO8. The summed E-state index contributed by atoms with van der Waals surface area (Å²) < 4.78 is 0. The van der Waals surface area contributed by atoms with Gasteiger partial charge in [0.25, 0.3) is 0 Å². The Morgan fingerprint density at radius 3 is 0.696 bits per heavy atom. The number of carboxylic acids is 4. The second kappa shape index (κ2) is 4.59. The molecule has 0 saturated heterocycles. The maximum absolute atomic E-state index is 11.8. The third-order valence-corrected chi connectivity index (χ3v) is 5.88. The molecule has 4 saturated carbocycles. The van der Waals surface area contributed by atoms with Crippen LogP contribution in [0.4, 0.5) is 0 Å². The summed E-state index contributed by atoms with van der Waals surface area (Å²) in [5, 5.41) is 38.4. The SMILES string of the molecule is Cl.O=C(O)C12CC3(C(=O)O)CC(C(=O)O)(C1)CC(C(=O)O)(C2)C3. The monoisotopic (exact) mass is 348 g/mol. The Labute approximate surface area is 136 Å². The minimum Gasteiger partial charge on any atom is -0.481 e. The average molecular weight is 349 g/mol. The predicted molar refractivity (Wildman–Crippen MR) is 75.2 cm³/mol. The molecule has 0 aromatic heterocycles. The van der Waals surface area contributed by atoms with Gasteiger partial charge in [0.05, 0.1) is 21.7 Å². The lowest BCUT2D eigenvalue weighted by molar-refractivity contribution is -0.229. The van der Waals surface area contributed by atoms with Gasteiger partial charge in [-0.1, -0.05) is 0 Å². The van der Waals surface area contributed by atoms with Crippen molar-refractivity contribution in [1.29, 1.82) is 0 Å². The van der Waals surface area contributed by atoms with Crippen molar-refractivity contribution in [3.05, 3.63) is 0 Å². The molecule has 4 aliphatic rings. The summed E-state index contributed by atoms with van der Waals surface area (Å²) in [6.45, 7) is 0. The Morgan fingerprint density at radius 2 is 0.609 bits per heavy atom. The van der Waals surface area contributed by atoms with Crippen molar-refractivity contribution < 1.29 is 39.6 Å². The highest BCUT2D eigenvalue weighted by molar-refractivity contribution is 5.90. The quantitative estimate of drug-likeness (QED) is 0.589. The van der Waals surface area contributed by atoms with Gasteiger partial charge in [0.1, 0.15) is 0 Å². The van der Waals surface area contributed by atoms with Crippen LogP contribution in [0.2, 0.25) is 0 Å². The zero-order valence-corrected chi connectivity index (χ0v) is 12.9. The Hall–Kier alpha value is -1.83. The van der Waals surface area contributed by atoms with Gasteiger partial charge in [-0.3, -0.25) is 19.2 Å². The van der Waals surface area contributed by atoms with E-state index in [9.17, 15) is 39.6 Å². The molecule has 0 radical (unpaired) electrons. The Bertz CT molecular complexity index is 483. The fourth-order valence-corrected chi connectivity index (χ4v) is 5.54. The highest BCUT2D eigenvalue weighted by Gasteiger charge is 2.76. The minimum atomic E-state index is -1.59. The summed E-state index contributed by atoms with van der Waals surface area (Å²) in [4.78, 5) is 47.1. The van der Waals surface area contributed by atoms with E-state index >= 15 is 0 Å². The third kappa shape index (κ3) is 1.97. The number of halogens is 1. The molecule has 0 unspecified atom stereocenters. The molecule has 23 heavy (non-hydrogen) atoms. The molecule has 0 amide bonds. The van der Waals surface area contributed by atoms with Gasteiger partial charge in [0.2, 0.25) is 0 Å². The first-order valence-corrected chi connectivity index (χ1v) is 6.95. The lowest BCUT2D eigenvalue weighted by Gasteiger charge is -2.65. The van der Waals surface area contributed by atoms with E-state index in [2.05, 4.69) is 0 Å². The van der Waals surface area contributed by atoms with Gasteiger partial charge < -0.3 is 20.4 Å².